The molecule has 1 aromatic carbocycles. The molecule has 0 radical (unpaired) electrons. The first-order valence-electron chi connectivity index (χ1n) is 5.16. The van der Waals surface area contributed by atoms with Gasteiger partial charge in [-0.1, -0.05) is 0 Å². The van der Waals surface area contributed by atoms with Crippen molar-refractivity contribution in [2.24, 2.45) is 0 Å². The van der Waals surface area contributed by atoms with Crippen molar-refractivity contribution in [3.05, 3.63) is 23.9 Å². The van der Waals surface area contributed by atoms with Gasteiger partial charge in [-0.25, -0.2) is 0 Å². The second-order valence-corrected chi connectivity index (χ2v) is 3.57. The maximum atomic E-state index is 9.01. The number of nitrogens with zero attached hydrogens (tertiary/aromatic N) is 2. The smallest absolute Gasteiger partial charge is 0.168 e. The number of H-pyrrole nitrogens is 1. The molecule has 0 aliphatic rings. The van der Waals surface area contributed by atoms with Gasteiger partial charge in [0.05, 0.1) is 32.0 Å². The van der Waals surface area contributed by atoms with Gasteiger partial charge in [0.25, 0.3) is 0 Å². The Balaban J connectivity index is 2.72. The minimum atomic E-state index is 0.408. The lowest BCUT2D eigenvalue weighted by atomic mass is 10.0. The SMILES string of the molecule is COc1cc(C#N)cc(-c2cn[nH]c2N)c1OC. The van der Waals surface area contributed by atoms with Crippen LogP contribution in [0.1, 0.15) is 5.56 Å². The third-order valence-electron chi connectivity index (χ3n) is 2.57. The second kappa shape index (κ2) is 4.67. The van der Waals surface area contributed by atoms with E-state index < -0.39 is 0 Å². The highest BCUT2D eigenvalue weighted by Crippen LogP contribution is 2.40. The number of anilines is 1. The number of nitriles is 1. The molecule has 0 saturated heterocycles. The van der Waals surface area contributed by atoms with Crippen molar-refractivity contribution in [1.82, 2.24) is 10.2 Å². The van der Waals surface area contributed by atoms with Gasteiger partial charge in [0, 0.05) is 17.2 Å². The van der Waals surface area contributed by atoms with Gasteiger partial charge in [0.1, 0.15) is 5.82 Å². The highest BCUT2D eigenvalue weighted by Gasteiger charge is 2.16. The molecule has 0 amide bonds. The molecule has 0 aliphatic heterocycles. The van der Waals surface area contributed by atoms with E-state index in [9.17, 15) is 0 Å². The fraction of sp³-hybridized carbons (Fsp3) is 0.167. The standard InChI is InChI=1S/C12H12N4O2/c1-17-10-4-7(5-13)3-8(11(10)18-2)9-6-15-16-12(9)14/h3-4,6H,1-2H3,(H3,14,15,16). The van der Waals surface area contributed by atoms with Gasteiger partial charge >= 0.3 is 0 Å². The first kappa shape index (κ1) is 11.8. The zero-order chi connectivity index (χ0) is 13.1. The van der Waals surface area contributed by atoms with Crippen LogP contribution < -0.4 is 15.2 Å². The Morgan fingerprint density at radius 2 is 2.06 bits per heavy atom. The minimum Gasteiger partial charge on any atom is -0.493 e. The quantitative estimate of drug-likeness (QED) is 0.853. The Bertz CT molecular complexity index is 613. The predicted octanol–water partition coefficient (Wildman–Crippen LogP) is 1.55. The van der Waals surface area contributed by atoms with Gasteiger partial charge in [-0.15, -0.1) is 0 Å². The maximum Gasteiger partial charge on any atom is 0.168 e. The zero-order valence-corrected chi connectivity index (χ0v) is 10.0. The number of aromatic amines is 1. The molecule has 1 heterocycles. The summed E-state index contributed by atoms with van der Waals surface area (Å²) in [6.45, 7) is 0. The Morgan fingerprint density at radius 3 is 2.56 bits per heavy atom. The number of benzene rings is 1. The molecule has 0 saturated carbocycles. The van der Waals surface area contributed by atoms with E-state index >= 15 is 0 Å². The van der Waals surface area contributed by atoms with Crippen LogP contribution in [0.25, 0.3) is 11.1 Å². The summed E-state index contributed by atoms with van der Waals surface area (Å²) in [4.78, 5) is 0. The highest BCUT2D eigenvalue weighted by atomic mass is 16.5. The van der Waals surface area contributed by atoms with Crippen LogP contribution >= 0.6 is 0 Å². The van der Waals surface area contributed by atoms with Crippen molar-refractivity contribution < 1.29 is 9.47 Å². The molecule has 6 nitrogen and oxygen atoms in total. The van der Waals surface area contributed by atoms with Crippen molar-refractivity contribution >= 4 is 5.82 Å². The molecule has 2 aromatic rings. The van der Waals surface area contributed by atoms with Gasteiger partial charge in [-0.05, 0) is 6.07 Å². The monoisotopic (exact) mass is 244 g/mol. The van der Waals surface area contributed by atoms with Gasteiger partial charge in [-0.2, -0.15) is 10.4 Å². The van der Waals surface area contributed by atoms with E-state index in [1.54, 1.807) is 18.3 Å². The summed E-state index contributed by atoms with van der Waals surface area (Å²) in [5, 5.41) is 15.5. The van der Waals surface area contributed by atoms with E-state index in [0.29, 0.717) is 34.0 Å². The molecule has 18 heavy (non-hydrogen) atoms. The molecule has 6 heteroatoms. The average Bonchev–Trinajstić information content (AvgIpc) is 2.83. The number of aromatic nitrogens is 2. The topological polar surface area (TPSA) is 97.0 Å². The molecule has 0 bridgehead atoms. The van der Waals surface area contributed by atoms with Crippen LogP contribution in [0.2, 0.25) is 0 Å². The molecular weight excluding hydrogens is 232 g/mol. The lowest BCUT2D eigenvalue weighted by Gasteiger charge is -2.12. The summed E-state index contributed by atoms with van der Waals surface area (Å²) in [5.74, 6) is 1.40. The molecule has 0 unspecified atom stereocenters. The van der Waals surface area contributed by atoms with Gasteiger partial charge < -0.3 is 15.2 Å². The summed E-state index contributed by atoms with van der Waals surface area (Å²) < 4.78 is 10.5. The number of rotatable bonds is 3. The number of hydrogen-bond acceptors (Lipinski definition) is 5. The Hall–Kier alpha value is -2.68. The summed E-state index contributed by atoms with van der Waals surface area (Å²) in [6.07, 6.45) is 1.58. The largest absolute Gasteiger partial charge is 0.493 e. The van der Waals surface area contributed by atoms with Crippen LogP contribution in [-0.4, -0.2) is 24.4 Å². The molecule has 0 spiro atoms. The van der Waals surface area contributed by atoms with Crippen LogP contribution in [-0.2, 0) is 0 Å². The van der Waals surface area contributed by atoms with E-state index in [4.69, 9.17) is 20.5 Å². The molecule has 0 aliphatic carbocycles. The predicted molar refractivity (Wildman–Crippen MR) is 66.3 cm³/mol. The van der Waals surface area contributed by atoms with Gasteiger partial charge in [-0.3, -0.25) is 5.10 Å². The average molecular weight is 244 g/mol. The number of hydrogen-bond donors (Lipinski definition) is 2. The molecule has 2 rings (SSSR count). The summed E-state index contributed by atoms with van der Waals surface area (Å²) >= 11 is 0. The van der Waals surface area contributed by atoms with Crippen molar-refractivity contribution in [1.29, 1.82) is 5.26 Å². The summed E-state index contributed by atoms with van der Waals surface area (Å²) in [5.41, 5.74) is 7.58. The van der Waals surface area contributed by atoms with Crippen LogP contribution in [0.4, 0.5) is 5.82 Å². The Kier molecular flexibility index (Phi) is 3.06. The molecule has 1 aromatic heterocycles. The zero-order valence-electron chi connectivity index (χ0n) is 10.0. The Labute approximate surface area is 104 Å². The fourth-order valence-electron chi connectivity index (χ4n) is 1.74. The molecule has 0 atom stereocenters. The van der Waals surface area contributed by atoms with E-state index in [2.05, 4.69) is 16.3 Å². The van der Waals surface area contributed by atoms with Crippen LogP contribution in [0, 0.1) is 11.3 Å². The number of methoxy groups -OCH3 is 2. The van der Waals surface area contributed by atoms with E-state index in [1.807, 2.05) is 0 Å². The third kappa shape index (κ3) is 1.82. The molecular formula is C12H12N4O2. The van der Waals surface area contributed by atoms with Gasteiger partial charge in [0.15, 0.2) is 11.5 Å². The lowest BCUT2D eigenvalue weighted by Crippen LogP contribution is -1.96. The Morgan fingerprint density at radius 1 is 1.28 bits per heavy atom. The van der Waals surface area contributed by atoms with E-state index in [-0.39, 0.29) is 0 Å². The van der Waals surface area contributed by atoms with E-state index in [1.165, 1.54) is 14.2 Å². The maximum absolute atomic E-state index is 9.01. The molecule has 92 valence electrons. The van der Waals surface area contributed by atoms with Gasteiger partial charge in [0.2, 0.25) is 0 Å². The fourth-order valence-corrected chi connectivity index (χ4v) is 1.74. The molecule has 0 fully saturated rings. The third-order valence-corrected chi connectivity index (χ3v) is 2.57. The first-order chi connectivity index (χ1) is 8.71. The number of nitrogen functional groups attached to an aromatic ring is 1. The molecule has 3 N–H and O–H groups in total. The second-order valence-electron chi connectivity index (χ2n) is 3.57. The normalized spacial score (nSPS) is 9.83. The number of ether oxygens (including phenoxy) is 2. The van der Waals surface area contributed by atoms with E-state index in [0.717, 1.165) is 0 Å². The van der Waals surface area contributed by atoms with Crippen LogP contribution in [0.5, 0.6) is 11.5 Å². The minimum absolute atomic E-state index is 0.408. The van der Waals surface area contributed by atoms with Crippen molar-refractivity contribution in [3.8, 4) is 28.7 Å². The van der Waals surface area contributed by atoms with Crippen molar-refractivity contribution in [2.45, 2.75) is 0 Å². The van der Waals surface area contributed by atoms with Crippen molar-refractivity contribution in [3.63, 3.8) is 0 Å². The highest BCUT2D eigenvalue weighted by molar-refractivity contribution is 5.81. The first-order valence-corrected chi connectivity index (χ1v) is 5.16. The number of nitrogens with two attached hydrogens (primary N) is 1. The lowest BCUT2D eigenvalue weighted by molar-refractivity contribution is 0.356. The summed E-state index contributed by atoms with van der Waals surface area (Å²) in [7, 11) is 3.05. The van der Waals surface area contributed by atoms with Crippen molar-refractivity contribution in [2.75, 3.05) is 20.0 Å². The number of nitrogens with one attached hydrogen (secondary N) is 1. The van der Waals surface area contributed by atoms with Crippen LogP contribution in [0.3, 0.4) is 0 Å². The van der Waals surface area contributed by atoms with Crippen LogP contribution in [0.15, 0.2) is 18.3 Å². The summed E-state index contributed by atoms with van der Waals surface area (Å²) in [6, 6.07) is 5.36.